The molecular formula is C28H20F6O. The maximum atomic E-state index is 14.4. The smallest absolute Gasteiger partial charge is 0.411 e. The average Bonchev–Trinajstić information content (AvgIpc) is 2.81. The van der Waals surface area contributed by atoms with Crippen LogP contribution in [-0.4, -0.2) is 12.4 Å². The Morgan fingerprint density at radius 1 is 0.457 bits per heavy atom. The standard InChI is InChI=1S/C28H20F6O/c29-27(30,31)26(28(32,33)34,22-13-11-21(12-14-22)19-20-7-3-1-4-8-20)23-15-17-25(18-16-23)35-24-9-5-2-6-10-24/h1-18H,19H2. The van der Waals surface area contributed by atoms with Crippen molar-refractivity contribution in [2.24, 2.45) is 0 Å². The third-order valence-electron chi connectivity index (χ3n) is 5.75. The van der Waals surface area contributed by atoms with Crippen LogP contribution in [0.5, 0.6) is 11.5 Å². The van der Waals surface area contributed by atoms with E-state index in [0.29, 0.717) is 17.7 Å². The summed E-state index contributed by atoms with van der Waals surface area (Å²) in [6.45, 7) is 0. The molecule has 0 aromatic heterocycles. The van der Waals surface area contributed by atoms with E-state index in [1.165, 1.54) is 12.1 Å². The van der Waals surface area contributed by atoms with Crippen LogP contribution in [0.2, 0.25) is 0 Å². The van der Waals surface area contributed by atoms with Gasteiger partial charge in [0.05, 0.1) is 0 Å². The number of rotatable bonds is 6. The Labute approximate surface area is 198 Å². The number of alkyl halides is 6. The molecule has 0 heterocycles. The monoisotopic (exact) mass is 486 g/mol. The summed E-state index contributed by atoms with van der Waals surface area (Å²) in [6.07, 6.45) is -10.9. The summed E-state index contributed by atoms with van der Waals surface area (Å²) in [5.74, 6) is 0.531. The van der Waals surface area contributed by atoms with Gasteiger partial charge in [-0.15, -0.1) is 0 Å². The largest absolute Gasteiger partial charge is 0.457 e. The van der Waals surface area contributed by atoms with E-state index < -0.39 is 28.9 Å². The Balaban J connectivity index is 1.74. The lowest BCUT2D eigenvalue weighted by Gasteiger charge is -2.38. The van der Waals surface area contributed by atoms with Crippen LogP contribution in [0.3, 0.4) is 0 Å². The first-order chi connectivity index (χ1) is 16.6. The van der Waals surface area contributed by atoms with Crippen LogP contribution in [-0.2, 0) is 11.8 Å². The topological polar surface area (TPSA) is 9.23 Å². The van der Waals surface area contributed by atoms with E-state index in [2.05, 4.69) is 0 Å². The number of benzene rings is 4. The third kappa shape index (κ3) is 4.90. The molecule has 0 aliphatic rings. The number of hydrogen-bond donors (Lipinski definition) is 0. The second-order valence-electron chi connectivity index (χ2n) is 8.04. The van der Waals surface area contributed by atoms with Gasteiger partial charge in [0.1, 0.15) is 11.5 Å². The minimum atomic E-state index is -5.64. The summed E-state index contributed by atoms with van der Waals surface area (Å²) in [7, 11) is 0. The first-order valence-electron chi connectivity index (χ1n) is 10.7. The zero-order valence-electron chi connectivity index (χ0n) is 18.3. The molecule has 0 amide bonds. The van der Waals surface area contributed by atoms with E-state index in [0.717, 1.165) is 42.0 Å². The Morgan fingerprint density at radius 2 is 0.857 bits per heavy atom. The van der Waals surface area contributed by atoms with Gasteiger partial charge >= 0.3 is 12.4 Å². The van der Waals surface area contributed by atoms with Crippen LogP contribution < -0.4 is 4.74 Å². The maximum absolute atomic E-state index is 14.4. The highest BCUT2D eigenvalue weighted by Crippen LogP contribution is 2.56. The molecule has 180 valence electrons. The van der Waals surface area contributed by atoms with Crippen molar-refractivity contribution in [1.82, 2.24) is 0 Å². The molecule has 7 heteroatoms. The Hall–Kier alpha value is -3.74. The molecule has 0 N–H and O–H groups in total. The van der Waals surface area contributed by atoms with Crippen molar-refractivity contribution in [3.8, 4) is 11.5 Å². The van der Waals surface area contributed by atoms with Gasteiger partial charge < -0.3 is 4.74 Å². The molecule has 0 fully saturated rings. The average molecular weight is 486 g/mol. The molecule has 0 saturated carbocycles. The fourth-order valence-electron chi connectivity index (χ4n) is 4.08. The van der Waals surface area contributed by atoms with E-state index in [1.54, 1.807) is 30.3 Å². The lowest BCUT2D eigenvalue weighted by atomic mass is 9.72. The molecule has 1 nitrogen and oxygen atoms in total. The quantitative estimate of drug-likeness (QED) is 0.248. The highest BCUT2D eigenvalue weighted by Gasteiger charge is 2.72. The van der Waals surface area contributed by atoms with Crippen LogP contribution in [0.25, 0.3) is 0 Å². The number of ether oxygens (including phenoxy) is 1. The fraction of sp³-hybridized carbons (Fsp3) is 0.143. The first kappa shape index (κ1) is 24.4. The summed E-state index contributed by atoms with van der Waals surface area (Å²) >= 11 is 0. The van der Waals surface area contributed by atoms with Gasteiger partial charge in [-0.2, -0.15) is 26.3 Å². The summed E-state index contributed by atoms with van der Waals surface area (Å²) in [5.41, 5.74) is -4.53. The molecule has 35 heavy (non-hydrogen) atoms. The number of para-hydroxylation sites is 1. The maximum Gasteiger partial charge on any atom is 0.411 e. The minimum absolute atomic E-state index is 0.122. The van der Waals surface area contributed by atoms with Gasteiger partial charge in [-0.05, 0) is 52.9 Å². The molecule has 0 atom stereocenters. The van der Waals surface area contributed by atoms with Gasteiger partial charge in [-0.25, -0.2) is 0 Å². The summed E-state index contributed by atoms with van der Waals surface area (Å²) in [4.78, 5) is 0. The third-order valence-corrected chi connectivity index (χ3v) is 5.75. The van der Waals surface area contributed by atoms with Crippen LogP contribution in [0, 0.1) is 0 Å². The van der Waals surface area contributed by atoms with Gasteiger partial charge in [-0.3, -0.25) is 0 Å². The van der Waals surface area contributed by atoms with E-state index in [-0.39, 0.29) is 5.75 Å². The second-order valence-corrected chi connectivity index (χ2v) is 8.04. The van der Waals surface area contributed by atoms with Gasteiger partial charge in [-0.1, -0.05) is 84.9 Å². The molecule has 0 aliphatic heterocycles. The molecular weight excluding hydrogens is 466 g/mol. The normalized spacial score (nSPS) is 12.4. The molecule has 0 unspecified atom stereocenters. The number of hydrogen-bond acceptors (Lipinski definition) is 1. The Morgan fingerprint density at radius 3 is 1.34 bits per heavy atom. The first-order valence-corrected chi connectivity index (χ1v) is 10.7. The van der Waals surface area contributed by atoms with Crippen LogP contribution in [0.4, 0.5) is 26.3 Å². The van der Waals surface area contributed by atoms with E-state index in [9.17, 15) is 26.3 Å². The molecule has 0 aliphatic carbocycles. The Kier molecular flexibility index (Phi) is 6.61. The SMILES string of the molecule is FC(F)(F)C(c1ccc(Cc2ccccc2)cc1)(c1ccc(Oc2ccccc2)cc1)C(F)(F)F. The van der Waals surface area contributed by atoms with Crippen molar-refractivity contribution in [3.05, 3.63) is 131 Å². The summed E-state index contributed by atoms with van der Waals surface area (Å²) in [5, 5.41) is 0. The van der Waals surface area contributed by atoms with E-state index >= 15 is 0 Å². The lowest BCUT2D eigenvalue weighted by molar-refractivity contribution is -0.288. The van der Waals surface area contributed by atoms with Crippen molar-refractivity contribution in [2.45, 2.75) is 24.2 Å². The zero-order chi connectivity index (χ0) is 25.1. The minimum Gasteiger partial charge on any atom is -0.457 e. The van der Waals surface area contributed by atoms with Gasteiger partial charge in [0.2, 0.25) is 5.41 Å². The lowest BCUT2D eigenvalue weighted by Crippen LogP contribution is -2.54. The van der Waals surface area contributed by atoms with E-state index in [1.807, 2.05) is 30.3 Å². The molecule has 0 bridgehead atoms. The fourth-order valence-corrected chi connectivity index (χ4v) is 4.08. The number of halogens is 6. The van der Waals surface area contributed by atoms with Crippen molar-refractivity contribution in [1.29, 1.82) is 0 Å². The van der Waals surface area contributed by atoms with Gasteiger partial charge in [0.25, 0.3) is 0 Å². The van der Waals surface area contributed by atoms with E-state index in [4.69, 9.17) is 4.74 Å². The molecule has 0 saturated heterocycles. The molecule has 4 rings (SSSR count). The van der Waals surface area contributed by atoms with Crippen molar-refractivity contribution < 1.29 is 31.1 Å². The van der Waals surface area contributed by atoms with Gasteiger partial charge in [0, 0.05) is 0 Å². The molecule has 4 aromatic carbocycles. The zero-order valence-corrected chi connectivity index (χ0v) is 18.3. The second kappa shape index (κ2) is 9.49. The predicted octanol–water partition coefficient (Wildman–Crippen LogP) is 8.48. The Bertz CT molecular complexity index is 1130. The van der Waals surface area contributed by atoms with Crippen molar-refractivity contribution in [3.63, 3.8) is 0 Å². The van der Waals surface area contributed by atoms with Crippen LogP contribution in [0.1, 0.15) is 22.3 Å². The van der Waals surface area contributed by atoms with Crippen LogP contribution >= 0.6 is 0 Å². The highest BCUT2D eigenvalue weighted by atomic mass is 19.4. The van der Waals surface area contributed by atoms with Crippen molar-refractivity contribution >= 4 is 0 Å². The molecule has 4 aromatic rings. The summed E-state index contributed by atoms with van der Waals surface area (Å²) < 4.78 is 91.8. The van der Waals surface area contributed by atoms with Gasteiger partial charge in [0.15, 0.2) is 0 Å². The predicted molar refractivity (Wildman–Crippen MR) is 122 cm³/mol. The molecule has 0 radical (unpaired) electrons. The molecule has 0 spiro atoms. The summed E-state index contributed by atoms with van der Waals surface area (Å²) in [6, 6.07) is 25.8. The highest BCUT2D eigenvalue weighted by molar-refractivity contribution is 5.47. The van der Waals surface area contributed by atoms with Crippen molar-refractivity contribution in [2.75, 3.05) is 0 Å². The van der Waals surface area contributed by atoms with Crippen LogP contribution in [0.15, 0.2) is 109 Å².